The first-order valence-corrected chi connectivity index (χ1v) is 11.5. The van der Waals surface area contributed by atoms with Crippen LogP contribution in [0.5, 0.6) is 0 Å². The number of hydrogen-bond donors (Lipinski definition) is 2. The smallest absolute Gasteiger partial charge is 0.241 e. The van der Waals surface area contributed by atoms with Crippen LogP contribution in [0.2, 0.25) is 5.02 Å². The van der Waals surface area contributed by atoms with Crippen molar-refractivity contribution in [2.45, 2.75) is 30.3 Å². The van der Waals surface area contributed by atoms with Crippen LogP contribution in [0.3, 0.4) is 0 Å². The molecule has 0 saturated heterocycles. The van der Waals surface area contributed by atoms with Crippen molar-refractivity contribution in [3.05, 3.63) is 101 Å². The summed E-state index contributed by atoms with van der Waals surface area (Å²) in [6.07, 6.45) is 0.153. The summed E-state index contributed by atoms with van der Waals surface area (Å²) in [5.74, 6) is -1.02. The van der Waals surface area contributed by atoms with E-state index in [1.165, 1.54) is 0 Å². The van der Waals surface area contributed by atoms with Gasteiger partial charge >= 0.3 is 0 Å². The van der Waals surface area contributed by atoms with E-state index in [4.69, 9.17) is 11.6 Å². The molecule has 0 aliphatic rings. The lowest BCUT2D eigenvalue weighted by Gasteiger charge is -2.22. The van der Waals surface area contributed by atoms with Crippen LogP contribution in [0.4, 0.5) is 4.39 Å². The van der Waals surface area contributed by atoms with Crippen LogP contribution < -0.4 is 10.0 Å². The summed E-state index contributed by atoms with van der Waals surface area (Å²) in [5.41, 5.74) is 1.63. The van der Waals surface area contributed by atoms with Gasteiger partial charge in [0.15, 0.2) is 0 Å². The number of hydrogen-bond acceptors (Lipinski definition) is 3. The minimum absolute atomic E-state index is 0.120. The fraction of sp³-hybridized carbons (Fsp3) is 0.174. The van der Waals surface area contributed by atoms with E-state index in [1.807, 2.05) is 30.3 Å². The first kappa shape index (κ1) is 22.9. The first-order chi connectivity index (χ1) is 14.7. The van der Waals surface area contributed by atoms with Gasteiger partial charge in [0.1, 0.15) is 11.9 Å². The predicted octanol–water partition coefficient (Wildman–Crippen LogP) is 4.25. The molecule has 1 amide bonds. The SMILES string of the molecule is C[C@@H](NC(=O)[C@H](Cc1ccccc1)NS(=O)(=O)c1ccc(F)cc1)c1ccc(Cl)cc1. The molecule has 0 saturated carbocycles. The number of amides is 1. The third-order valence-electron chi connectivity index (χ3n) is 4.75. The number of benzene rings is 3. The average molecular weight is 461 g/mol. The quantitative estimate of drug-likeness (QED) is 0.527. The minimum Gasteiger partial charge on any atom is -0.348 e. The Labute approximate surface area is 186 Å². The molecule has 0 aromatic heterocycles. The van der Waals surface area contributed by atoms with Gasteiger partial charge in [0, 0.05) is 5.02 Å². The lowest BCUT2D eigenvalue weighted by atomic mass is 10.0. The highest BCUT2D eigenvalue weighted by molar-refractivity contribution is 7.89. The number of sulfonamides is 1. The van der Waals surface area contributed by atoms with Gasteiger partial charge in [-0.3, -0.25) is 4.79 Å². The Morgan fingerprint density at radius 3 is 2.19 bits per heavy atom. The number of carbonyl (C=O) groups is 1. The Hall–Kier alpha value is -2.74. The van der Waals surface area contributed by atoms with Crippen molar-refractivity contribution >= 4 is 27.5 Å². The third-order valence-corrected chi connectivity index (χ3v) is 6.49. The topological polar surface area (TPSA) is 75.3 Å². The van der Waals surface area contributed by atoms with Crippen molar-refractivity contribution in [2.24, 2.45) is 0 Å². The molecule has 8 heteroatoms. The van der Waals surface area contributed by atoms with Crippen LogP contribution in [0.1, 0.15) is 24.1 Å². The molecule has 0 spiro atoms. The molecule has 0 aliphatic heterocycles. The van der Waals surface area contributed by atoms with Crippen molar-refractivity contribution in [3.8, 4) is 0 Å². The summed E-state index contributed by atoms with van der Waals surface area (Å²) < 4.78 is 41.3. The predicted molar refractivity (Wildman–Crippen MR) is 119 cm³/mol. The molecule has 162 valence electrons. The zero-order valence-electron chi connectivity index (χ0n) is 16.8. The van der Waals surface area contributed by atoms with E-state index < -0.39 is 27.8 Å². The summed E-state index contributed by atoms with van der Waals surface area (Å²) in [6.45, 7) is 1.80. The maximum atomic E-state index is 13.2. The Morgan fingerprint density at radius 1 is 0.968 bits per heavy atom. The molecular weight excluding hydrogens is 439 g/mol. The zero-order valence-corrected chi connectivity index (χ0v) is 18.3. The average Bonchev–Trinajstić information content (AvgIpc) is 2.74. The normalized spacial score (nSPS) is 13.4. The fourth-order valence-corrected chi connectivity index (χ4v) is 4.38. The monoisotopic (exact) mass is 460 g/mol. The second kappa shape index (κ2) is 10.0. The Bertz CT molecular complexity index is 1120. The molecule has 2 N–H and O–H groups in total. The second-order valence-corrected chi connectivity index (χ2v) is 9.25. The van der Waals surface area contributed by atoms with Gasteiger partial charge in [-0.05, 0) is 60.9 Å². The molecule has 31 heavy (non-hydrogen) atoms. The molecule has 0 fully saturated rings. The van der Waals surface area contributed by atoms with Crippen LogP contribution in [0.25, 0.3) is 0 Å². The van der Waals surface area contributed by atoms with Crippen molar-refractivity contribution in [1.82, 2.24) is 10.0 Å². The van der Waals surface area contributed by atoms with Crippen molar-refractivity contribution in [2.75, 3.05) is 0 Å². The summed E-state index contributed by atoms with van der Waals surface area (Å²) in [5, 5.41) is 3.43. The van der Waals surface area contributed by atoms with Crippen LogP contribution in [-0.2, 0) is 21.2 Å². The molecule has 0 heterocycles. The third kappa shape index (κ3) is 6.37. The minimum atomic E-state index is -4.04. The maximum Gasteiger partial charge on any atom is 0.241 e. The van der Waals surface area contributed by atoms with Gasteiger partial charge in [-0.15, -0.1) is 0 Å². The standard InChI is InChI=1S/C23H22ClFN2O3S/c1-16(18-7-9-19(24)10-8-18)26-23(28)22(15-17-5-3-2-4-6-17)27-31(29,30)21-13-11-20(25)12-14-21/h2-14,16,22,27H,15H2,1H3,(H,26,28)/t16-,22+/m1/s1. The van der Waals surface area contributed by atoms with E-state index >= 15 is 0 Å². The lowest BCUT2D eigenvalue weighted by Crippen LogP contribution is -2.48. The molecule has 2 atom stereocenters. The molecule has 0 aliphatic carbocycles. The summed E-state index contributed by atoms with van der Waals surface area (Å²) >= 11 is 5.92. The van der Waals surface area contributed by atoms with Crippen LogP contribution in [-0.4, -0.2) is 20.4 Å². The highest BCUT2D eigenvalue weighted by Crippen LogP contribution is 2.17. The van der Waals surface area contributed by atoms with E-state index in [2.05, 4.69) is 10.0 Å². The number of halogens is 2. The first-order valence-electron chi connectivity index (χ1n) is 9.62. The molecule has 0 unspecified atom stereocenters. The molecule has 3 aromatic rings. The van der Waals surface area contributed by atoms with E-state index in [9.17, 15) is 17.6 Å². The summed E-state index contributed by atoms with van der Waals surface area (Å²) in [4.78, 5) is 12.9. The van der Waals surface area contributed by atoms with Crippen LogP contribution in [0.15, 0.2) is 83.8 Å². The van der Waals surface area contributed by atoms with E-state index in [1.54, 1.807) is 31.2 Å². The second-order valence-electron chi connectivity index (χ2n) is 7.10. The Balaban J connectivity index is 1.82. The highest BCUT2D eigenvalue weighted by atomic mass is 35.5. The van der Waals surface area contributed by atoms with E-state index in [0.717, 1.165) is 35.4 Å². The molecule has 3 aromatic carbocycles. The van der Waals surface area contributed by atoms with Crippen LogP contribution in [0, 0.1) is 5.82 Å². The fourth-order valence-electron chi connectivity index (χ4n) is 3.06. The maximum absolute atomic E-state index is 13.2. The van der Waals surface area contributed by atoms with Gasteiger partial charge < -0.3 is 5.32 Å². The van der Waals surface area contributed by atoms with Gasteiger partial charge in [-0.25, -0.2) is 12.8 Å². The highest BCUT2D eigenvalue weighted by Gasteiger charge is 2.27. The molecular formula is C23H22ClFN2O3S. The van der Waals surface area contributed by atoms with Gasteiger partial charge in [-0.1, -0.05) is 54.1 Å². The van der Waals surface area contributed by atoms with Crippen LogP contribution >= 0.6 is 11.6 Å². The van der Waals surface area contributed by atoms with Gasteiger partial charge in [0.25, 0.3) is 0 Å². The van der Waals surface area contributed by atoms with Crippen molar-refractivity contribution in [1.29, 1.82) is 0 Å². The van der Waals surface area contributed by atoms with E-state index in [0.29, 0.717) is 5.02 Å². The van der Waals surface area contributed by atoms with Gasteiger partial charge in [0.05, 0.1) is 10.9 Å². The van der Waals surface area contributed by atoms with Gasteiger partial charge in [0.2, 0.25) is 15.9 Å². The Morgan fingerprint density at radius 2 is 1.58 bits per heavy atom. The molecule has 0 bridgehead atoms. The number of carbonyl (C=O) groups excluding carboxylic acids is 1. The largest absolute Gasteiger partial charge is 0.348 e. The summed E-state index contributed by atoms with van der Waals surface area (Å²) in [7, 11) is -4.04. The molecule has 0 radical (unpaired) electrons. The van der Waals surface area contributed by atoms with E-state index in [-0.39, 0.29) is 17.4 Å². The molecule has 3 rings (SSSR count). The lowest BCUT2D eigenvalue weighted by molar-refractivity contribution is -0.123. The van der Waals surface area contributed by atoms with Crippen molar-refractivity contribution in [3.63, 3.8) is 0 Å². The molecule has 5 nitrogen and oxygen atoms in total. The van der Waals surface area contributed by atoms with Crippen molar-refractivity contribution < 1.29 is 17.6 Å². The van der Waals surface area contributed by atoms with Gasteiger partial charge in [-0.2, -0.15) is 4.72 Å². The number of rotatable bonds is 8. The Kier molecular flexibility index (Phi) is 7.43. The number of nitrogens with one attached hydrogen (secondary N) is 2. The zero-order chi connectivity index (χ0) is 22.4. The summed E-state index contributed by atoms with van der Waals surface area (Å²) in [6, 6.07) is 19.1.